The molecule has 2 aliphatic rings. The number of imide groups is 1. The highest BCUT2D eigenvalue weighted by atomic mass is 32.1. The molecular formula is C22H19N3O4S. The van der Waals surface area contributed by atoms with Crippen molar-refractivity contribution in [2.45, 2.75) is 19.0 Å². The largest absolute Gasteiger partial charge is 0.486 e. The van der Waals surface area contributed by atoms with Crippen LogP contribution in [0.25, 0.3) is 10.6 Å². The van der Waals surface area contributed by atoms with Crippen molar-refractivity contribution in [1.82, 2.24) is 15.2 Å². The van der Waals surface area contributed by atoms with E-state index in [9.17, 15) is 9.59 Å². The van der Waals surface area contributed by atoms with Gasteiger partial charge in [-0.3, -0.25) is 9.69 Å². The molecule has 1 aromatic heterocycles. The fourth-order valence-corrected chi connectivity index (χ4v) is 4.46. The van der Waals surface area contributed by atoms with Gasteiger partial charge in [0.05, 0.1) is 12.2 Å². The fourth-order valence-electron chi connectivity index (χ4n) is 3.65. The lowest BCUT2D eigenvalue weighted by atomic mass is 9.91. The number of benzene rings is 2. The van der Waals surface area contributed by atoms with Gasteiger partial charge in [0.25, 0.3) is 5.91 Å². The van der Waals surface area contributed by atoms with E-state index in [1.54, 1.807) is 25.1 Å². The Morgan fingerprint density at radius 2 is 1.87 bits per heavy atom. The Kier molecular flexibility index (Phi) is 4.43. The number of rotatable bonds is 4. The van der Waals surface area contributed by atoms with Crippen molar-refractivity contribution in [2.75, 3.05) is 13.2 Å². The molecule has 30 heavy (non-hydrogen) atoms. The summed E-state index contributed by atoms with van der Waals surface area (Å²) in [4.78, 5) is 31.7. The zero-order valence-electron chi connectivity index (χ0n) is 16.3. The molecule has 3 heterocycles. The number of hydrogen-bond acceptors (Lipinski definition) is 6. The number of nitrogens with one attached hydrogen (secondary N) is 1. The molecular weight excluding hydrogens is 402 g/mol. The third kappa shape index (κ3) is 3.09. The van der Waals surface area contributed by atoms with Crippen LogP contribution in [-0.2, 0) is 16.9 Å². The van der Waals surface area contributed by atoms with Crippen molar-refractivity contribution < 1.29 is 19.1 Å². The summed E-state index contributed by atoms with van der Waals surface area (Å²) in [6.07, 6.45) is 0. The molecule has 1 atom stereocenters. The summed E-state index contributed by atoms with van der Waals surface area (Å²) in [6, 6.07) is 14.7. The molecule has 3 aromatic rings. The van der Waals surface area contributed by atoms with Crippen molar-refractivity contribution >= 4 is 23.3 Å². The van der Waals surface area contributed by atoms with Crippen LogP contribution in [0.5, 0.6) is 11.5 Å². The zero-order valence-corrected chi connectivity index (χ0v) is 17.1. The molecule has 0 bridgehead atoms. The maximum atomic E-state index is 13.2. The third-order valence-corrected chi connectivity index (χ3v) is 6.23. The Hall–Kier alpha value is -3.39. The summed E-state index contributed by atoms with van der Waals surface area (Å²) >= 11 is 1.49. The molecule has 7 nitrogen and oxygen atoms in total. The zero-order chi connectivity index (χ0) is 20.7. The van der Waals surface area contributed by atoms with Gasteiger partial charge in [-0.25, -0.2) is 9.78 Å². The van der Waals surface area contributed by atoms with Crippen LogP contribution in [0.1, 0.15) is 18.2 Å². The first kappa shape index (κ1) is 18.6. The molecule has 2 aromatic carbocycles. The average molecular weight is 421 g/mol. The van der Waals surface area contributed by atoms with Crippen LogP contribution in [0.3, 0.4) is 0 Å². The highest BCUT2D eigenvalue weighted by Crippen LogP contribution is 2.37. The Balaban J connectivity index is 1.39. The third-order valence-electron chi connectivity index (χ3n) is 5.29. The molecule has 0 radical (unpaired) electrons. The molecule has 2 aliphatic heterocycles. The SMILES string of the molecule is CC1(c2ccc3c(c2)OCCO3)NC(=O)N(Cc2csc(-c3ccccc3)n2)C1=O. The molecule has 5 rings (SSSR count). The van der Waals surface area contributed by atoms with Crippen molar-refractivity contribution in [1.29, 1.82) is 0 Å². The lowest BCUT2D eigenvalue weighted by molar-refractivity contribution is -0.131. The van der Waals surface area contributed by atoms with Crippen LogP contribution in [0.15, 0.2) is 53.9 Å². The number of thiazole rings is 1. The molecule has 0 saturated carbocycles. The van der Waals surface area contributed by atoms with Crippen LogP contribution in [0, 0.1) is 0 Å². The van der Waals surface area contributed by atoms with Gasteiger partial charge in [0.2, 0.25) is 0 Å². The number of carbonyl (C=O) groups excluding carboxylic acids is 2. The first-order valence-electron chi connectivity index (χ1n) is 9.59. The lowest BCUT2D eigenvalue weighted by Crippen LogP contribution is -2.41. The van der Waals surface area contributed by atoms with Crippen LogP contribution < -0.4 is 14.8 Å². The Morgan fingerprint density at radius 3 is 2.67 bits per heavy atom. The molecule has 1 saturated heterocycles. The second kappa shape index (κ2) is 7.14. The molecule has 8 heteroatoms. The number of fused-ring (bicyclic) bond motifs is 1. The predicted molar refractivity (Wildman–Crippen MR) is 111 cm³/mol. The van der Waals surface area contributed by atoms with E-state index >= 15 is 0 Å². The highest BCUT2D eigenvalue weighted by molar-refractivity contribution is 7.13. The topological polar surface area (TPSA) is 80.8 Å². The predicted octanol–water partition coefficient (Wildman–Crippen LogP) is 3.55. The van der Waals surface area contributed by atoms with Gasteiger partial charge >= 0.3 is 6.03 Å². The minimum atomic E-state index is -1.18. The Bertz CT molecular complexity index is 1130. The normalized spacial score (nSPS) is 20.4. The molecule has 1 unspecified atom stereocenters. The summed E-state index contributed by atoms with van der Waals surface area (Å²) in [5.41, 5.74) is 1.15. The number of aromatic nitrogens is 1. The second-order valence-corrected chi connectivity index (χ2v) is 8.17. The van der Waals surface area contributed by atoms with Gasteiger partial charge < -0.3 is 14.8 Å². The van der Waals surface area contributed by atoms with E-state index in [2.05, 4.69) is 10.3 Å². The van der Waals surface area contributed by atoms with E-state index in [1.165, 1.54) is 16.2 Å². The summed E-state index contributed by atoms with van der Waals surface area (Å²) in [5, 5.41) is 5.56. The standard InChI is InChI=1S/C22H19N3O4S/c1-22(15-7-8-17-18(11-15)29-10-9-28-17)20(26)25(21(27)24-22)12-16-13-30-19(23-16)14-5-3-2-4-6-14/h2-8,11,13H,9-10,12H2,1H3,(H,24,27). The van der Waals surface area contributed by atoms with E-state index in [-0.39, 0.29) is 12.5 Å². The number of ether oxygens (including phenoxy) is 2. The first-order valence-corrected chi connectivity index (χ1v) is 10.5. The van der Waals surface area contributed by atoms with Crippen molar-refractivity contribution in [3.8, 4) is 22.1 Å². The average Bonchev–Trinajstić information content (AvgIpc) is 3.33. The van der Waals surface area contributed by atoms with Gasteiger partial charge in [0, 0.05) is 10.9 Å². The monoisotopic (exact) mass is 421 g/mol. The minimum absolute atomic E-state index is 0.119. The van der Waals surface area contributed by atoms with Gasteiger partial charge in [-0.15, -0.1) is 11.3 Å². The number of urea groups is 1. The van der Waals surface area contributed by atoms with E-state index in [0.717, 1.165) is 10.6 Å². The number of nitrogens with zero attached hydrogens (tertiary/aromatic N) is 2. The summed E-state index contributed by atoms with van der Waals surface area (Å²) in [7, 11) is 0. The smallest absolute Gasteiger partial charge is 0.325 e. The highest BCUT2D eigenvalue weighted by Gasteiger charge is 2.49. The summed E-state index contributed by atoms with van der Waals surface area (Å²) in [5.74, 6) is 0.893. The number of carbonyl (C=O) groups is 2. The molecule has 0 aliphatic carbocycles. The van der Waals surface area contributed by atoms with E-state index in [0.29, 0.717) is 36.0 Å². The Morgan fingerprint density at radius 1 is 1.10 bits per heavy atom. The van der Waals surface area contributed by atoms with Crippen LogP contribution in [0.4, 0.5) is 4.79 Å². The van der Waals surface area contributed by atoms with Gasteiger partial charge in [-0.2, -0.15) is 0 Å². The van der Waals surface area contributed by atoms with Crippen molar-refractivity contribution in [3.63, 3.8) is 0 Å². The molecule has 3 amide bonds. The number of amides is 3. The van der Waals surface area contributed by atoms with E-state index < -0.39 is 11.6 Å². The quantitative estimate of drug-likeness (QED) is 0.652. The molecule has 1 N–H and O–H groups in total. The maximum absolute atomic E-state index is 13.2. The molecule has 1 fully saturated rings. The van der Waals surface area contributed by atoms with Gasteiger partial charge in [-0.05, 0) is 24.6 Å². The summed E-state index contributed by atoms with van der Waals surface area (Å²) < 4.78 is 11.2. The van der Waals surface area contributed by atoms with Crippen LogP contribution >= 0.6 is 11.3 Å². The Labute approximate surface area is 177 Å². The maximum Gasteiger partial charge on any atom is 0.325 e. The number of hydrogen-bond donors (Lipinski definition) is 1. The van der Waals surface area contributed by atoms with Gasteiger partial charge in [-0.1, -0.05) is 36.4 Å². The lowest BCUT2D eigenvalue weighted by Gasteiger charge is -2.25. The van der Waals surface area contributed by atoms with Crippen molar-refractivity contribution in [3.05, 3.63) is 65.2 Å². The van der Waals surface area contributed by atoms with Crippen molar-refractivity contribution in [2.24, 2.45) is 0 Å². The van der Waals surface area contributed by atoms with Crippen LogP contribution in [-0.4, -0.2) is 35.0 Å². The van der Waals surface area contributed by atoms with Gasteiger partial charge in [0.15, 0.2) is 11.5 Å². The first-order chi connectivity index (χ1) is 14.5. The molecule has 0 spiro atoms. The minimum Gasteiger partial charge on any atom is -0.486 e. The molecule has 152 valence electrons. The fraction of sp³-hybridized carbons (Fsp3) is 0.227. The summed E-state index contributed by atoms with van der Waals surface area (Å²) in [6.45, 7) is 2.77. The van der Waals surface area contributed by atoms with Crippen LogP contribution in [0.2, 0.25) is 0 Å². The second-order valence-electron chi connectivity index (χ2n) is 7.31. The van der Waals surface area contributed by atoms with Gasteiger partial charge in [0.1, 0.15) is 23.8 Å². The van der Waals surface area contributed by atoms with E-state index in [1.807, 2.05) is 35.7 Å². The van der Waals surface area contributed by atoms with E-state index in [4.69, 9.17) is 9.47 Å².